The molecule has 1 atom stereocenters. The van der Waals surface area contributed by atoms with Crippen LogP contribution in [0.4, 0.5) is 8.78 Å². The van der Waals surface area contributed by atoms with E-state index in [-0.39, 0.29) is 18.6 Å². The molecule has 4 nitrogen and oxygen atoms in total. The maximum atomic E-state index is 13.3. The Labute approximate surface area is 123 Å². The lowest BCUT2D eigenvalue weighted by atomic mass is 10.1. The van der Waals surface area contributed by atoms with Crippen LogP contribution in [0.25, 0.3) is 0 Å². The molecule has 1 aromatic carbocycles. The molecule has 0 aromatic heterocycles. The number of carbonyl (C=O) groups is 1. The Kier molecular flexibility index (Phi) is 5.25. The van der Waals surface area contributed by atoms with Crippen LogP contribution in [0.5, 0.6) is 0 Å². The second-order valence-corrected chi connectivity index (χ2v) is 5.55. The lowest BCUT2D eigenvalue weighted by Gasteiger charge is -2.25. The van der Waals surface area contributed by atoms with E-state index in [2.05, 4.69) is 10.2 Å². The Balaban J connectivity index is 2.00. The van der Waals surface area contributed by atoms with Crippen molar-refractivity contribution in [1.82, 2.24) is 15.1 Å². The van der Waals surface area contributed by atoms with Crippen LogP contribution < -0.4 is 5.32 Å². The second-order valence-electron chi connectivity index (χ2n) is 5.55. The van der Waals surface area contributed by atoms with Gasteiger partial charge in [-0.1, -0.05) is 6.07 Å². The van der Waals surface area contributed by atoms with Gasteiger partial charge in [-0.05, 0) is 51.2 Å². The first kappa shape index (κ1) is 15.9. The SMILES string of the molecule is CN(C)CCCCN1C(=O)CNC1c1ccc(F)c(F)c1. The first-order valence-corrected chi connectivity index (χ1v) is 7.11. The number of hydrogen-bond acceptors (Lipinski definition) is 3. The molecule has 116 valence electrons. The molecule has 1 aliphatic heterocycles. The normalized spacial score (nSPS) is 18.8. The van der Waals surface area contributed by atoms with Gasteiger partial charge in [0.05, 0.1) is 6.54 Å². The van der Waals surface area contributed by atoms with E-state index in [4.69, 9.17) is 0 Å². The standard InChI is InChI=1S/C15H21F2N3O/c1-19(2)7-3-4-8-20-14(21)10-18-15(20)11-5-6-12(16)13(17)9-11/h5-6,9,15,18H,3-4,7-8,10H2,1-2H3. The summed E-state index contributed by atoms with van der Waals surface area (Å²) in [5.41, 5.74) is 0.576. The van der Waals surface area contributed by atoms with Gasteiger partial charge in [-0.25, -0.2) is 8.78 Å². The van der Waals surface area contributed by atoms with Crippen molar-refractivity contribution in [3.63, 3.8) is 0 Å². The molecular weight excluding hydrogens is 276 g/mol. The van der Waals surface area contributed by atoms with E-state index >= 15 is 0 Å². The van der Waals surface area contributed by atoms with Gasteiger partial charge in [0.15, 0.2) is 11.6 Å². The van der Waals surface area contributed by atoms with Crippen LogP contribution in [0, 0.1) is 11.6 Å². The number of halogens is 2. The molecule has 1 aromatic rings. The van der Waals surface area contributed by atoms with E-state index in [0.29, 0.717) is 12.1 Å². The number of rotatable bonds is 6. The zero-order valence-corrected chi connectivity index (χ0v) is 12.4. The third-order valence-electron chi connectivity index (χ3n) is 3.59. The van der Waals surface area contributed by atoms with Crippen molar-refractivity contribution in [3.8, 4) is 0 Å². The minimum atomic E-state index is -0.888. The molecule has 0 aliphatic carbocycles. The molecule has 1 unspecified atom stereocenters. The van der Waals surface area contributed by atoms with Crippen LogP contribution in [0.3, 0.4) is 0 Å². The molecule has 1 fully saturated rings. The zero-order chi connectivity index (χ0) is 15.4. The highest BCUT2D eigenvalue weighted by Crippen LogP contribution is 2.24. The molecule has 1 N–H and O–H groups in total. The first-order chi connectivity index (χ1) is 9.99. The number of carbonyl (C=O) groups excluding carboxylic acids is 1. The van der Waals surface area contributed by atoms with Gasteiger partial charge in [0.2, 0.25) is 5.91 Å². The molecular formula is C15H21F2N3O. The van der Waals surface area contributed by atoms with E-state index in [1.54, 1.807) is 4.90 Å². The number of unbranched alkanes of at least 4 members (excludes halogenated alkanes) is 1. The van der Waals surface area contributed by atoms with Crippen molar-refractivity contribution in [2.24, 2.45) is 0 Å². The van der Waals surface area contributed by atoms with Crippen molar-refractivity contribution in [2.75, 3.05) is 33.7 Å². The molecule has 21 heavy (non-hydrogen) atoms. The summed E-state index contributed by atoms with van der Waals surface area (Å²) in [7, 11) is 4.01. The topological polar surface area (TPSA) is 35.6 Å². The Morgan fingerprint density at radius 3 is 2.71 bits per heavy atom. The van der Waals surface area contributed by atoms with Crippen molar-refractivity contribution in [1.29, 1.82) is 0 Å². The largest absolute Gasteiger partial charge is 0.322 e. The van der Waals surface area contributed by atoms with E-state index in [9.17, 15) is 13.6 Å². The number of nitrogens with one attached hydrogen (secondary N) is 1. The van der Waals surface area contributed by atoms with Crippen molar-refractivity contribution >= 4 is 5.91 Å². The smallest absolute Gasteiger partial charge is 0.238 e. The van der Waals surface area contributed by atoms with Crippen LogP contribution >= 0.6 is 0 Å². The molecule has 0 spiro atoms. The van der Waals surface area contributed by atoms with Crippen molar-refractivity contribution < 1.29 is 13.6 Å². The number of hydrogen-bond donors (Lipinski definition) is 1. The summed E-state index contributed by atoms with van der Waals surface area (Å²) in [4.78, 5) is 15.7. The van der Waals surface area contributed by atoms with Gasteiger partial charge < -0.3 is 9.80 Å². The Morgan fingerprint density at radius 2 is 2.05 bits per heavy atom. The number of nitrogens with zero attached hydrogens (tertiary/aromatic N) is 2. The van der Waals surface area contributed by atoms with Crippen LogP contribution in [-0.2, 0) is 4.79 Å². The van der Waals surface area contributed by atoms with Gasteiger partial charge in [0.25, 0.3) is 0 Å². The van der Waals surface area contributed by atoms with E-state index in [0.717, 1.165) is 31.5 Å². The summed E-state index contributed by atoms with van der Waals surface area (Å²) >= 11 is 0. The van der Waals surface area contributed by atoms with Gasteiger partial charge in [-0.2, -0.15) is 0 Å². The fraction of sp³-hybridized carbons (Fsp3) is 0.533. The zero-order valence-electron chi connectivity index (χ0n) is 12.4. The first-order valence-electron chi connectivity index (χ1n) is 7.11. The monoisotopic (exact) mass is 297 g/mol. The van der Waals surface area contributed by atoms with Crippen LogP contribution in [-0.4, -0.2) is 49.4 Å². The highest BCUT2D eigenvalue weighted by molar-refractivity contribution is 5.80. The highest BCUT2D eigenvalue weighted by Gasteiger charge is 2.31. The molecule has 0 radical (unpaired) electrons. The van der Waals surface area contributed by atoms with Crippen LogP contribution in [0.15, 0.2) is 18.2 Å². The van der Waals surface area contributed by atoms with Gasteiger partial charge in [0.1, 0.15) is 6.17 Å². The van der Waals surface area contributed by atoms with Crippen LogP contribution in [0.2, 0.25) is 0 Å². The molecule has 1 heterocycles. The van der Waals surface area contributed by atoms with Crippen molar-refractivity contribution in [3.05, 3.63) is 35.4 Å². The predicted molar refractivity (Wildman–Crippen MR) is 76.6 cm³/mol. The third kappa shape index (κ3) is 3.98. The van der Waals surface area contributed by atoms with E-state index < -0.39 is 11.6 Å². The molecule has 0 bridgehead atoms. The minimum absolute atomic E-state index is 0.00501. The van der Waals surface area contributed by atoms with Gasteiger partial charge in [-0.15, -0.1) is 0 Å². The molecule has 1 aliphatic rings. The van der Waals surface area contributed by atoms with E-state index in [1.165, 1.54) is 6.07 Å². The Bertz CT molecular complexity index is 508. The summed E-state index contributed by atoms with van der Waals surface area (Å²) in [6, 6.07) is 3.76. The summed E-state index contributed by atoms with van der Waals surface area (Å²) in [5.74, 6) is -1.77. The fourth-order valence-corrected chi connectivity index (χ4v) is 2.48. The summed E-state index contributed by atoms with van der Waals surface area (Å²) in [6.45, 7) is 1.81. The summed E-state index contributed by atoms with van der Waals surface area (Å²) in [5, 5.41) is 3.05. The van der Waals surface area contributed by atoms with Gasteiger partial charge in [0, 0.05) is 6.54 Å². The molecule has 6 heteroatoms. The van der Waals surface area contributed by atoms with Crippen molar-refractivity contribution in [2.45, 2.75) is 19.0 Å². The minimum Gasteiger partial charge on any atom is -0.322 e. The summed E-state index contributed by atoms with van der Waals surface area (Å²) in [6.07, 6.45) is 1.50. The summed E-state index contributed by atoms with van der Waals surface area (Å²) < 4.78 is 26.3. The predicted octanol–water partition coefficient (Wildman–Crippen LogP) is 1.74. The fourth-order valence-electron chi connectivity index (χ4n) is 2.48. The van der Waals surface area contributed by atoms with E-state index in [1.807, 2.05) is 14.1 Å². The molecule has 1 amide bonds. The van der Waals surface area contributed by atoms with Gasteiger partial charge in [-0.3, -0.25) is 10.1 Å². The average molecular weight is 297 g/mol. The second kappa shape index (κ2) is 6.95. The Morgan fingerprint density at radius 1 is 1.29 bits per heavy atom. The van der Waals surface area contributed by atoms with Crippen LogP contribution in [0.1, 0.15) is 24.6 Å². The third-order valence-corrected chi connectivity index (χ3v) is 3.59. The molecule has 0 saturated carbocycles. The molecule has 2 rings (SSSR count). The quantitative estimate of drug-likeness (QED) is 0.812. The average Bonchev–Trinajstić information content (AvgIpc) is 2.79. The molecule has 1 saturated heterocycles. The maximum Gasteiger partial charge on any atom is 0.238 e. The van der Waals surface area contributed by atoms with Gasteiger partial charge >= 0.3 is 0 Å². The lowest BCUT2D eigenvalue weighted by Crippen LogP contribution is -2.31. The lowest BCUT2D eigenvalue weighted by molar-refractivity contribution is -0.128. The Hall–Kier alpha value is -1.53. The maximum absolute atomic E-state index is 13.3. The highest BCUT2D eigenvalue weighted by atomic mass is 19.2. The number of benzene rings is 1. The number of amides is 1.